The number of carbonyl (C=O) groups is 2. The van der Waals surface area contributed by atoms with Gasteiger partial charge in [-0.05, 0) is 37.8 Å². The van der Waals surface area contributed by atoms with Gasteiger partial charge >= 0.3 is 5.97 Å². The van der Waals surface area contributed by atoms with E-state index in [2.05, 4.69) is 5.32 Å². The molecule has 32 heavy (non-hydrogen) atoms. The molecule has 1 N–H and O–H groups in total. The van der Waals surface area contributed by atoms with Crippen LogP contribution < -0.4 is 14.8 Å². The van der Waals surface area contributed by atoms with Crippen LogP contribution in [0.1, 0.15) is 46.0 Å². The average Bonchev–Trinajstić information content (AvgIpc) is 3.06. The summed E-state index contributed by atoms with van der Waals surface area (Å²) >= 11 is 0. The molecule has 1 aromatic carbocycles. The van der Waals surface area contributed by atoms with Gasteiger partial charge in [0.2, 0.25) is 10.0 Å². The lowest BCUT2D eigenvalue weighted by Crippen LogP contribution is -2.41. The summed E-state index contributed by atoms with van der Waals surface area (Å²) in [6, 6.07) is 4.69. The highest BCUT2D eigenvalue weighted by atomic mass is 32.2. The summed E-state index contributed by atoms with van der Waals surface area (Å²) in [5, 5.41) is 2.82. The number of esters is 1. The fourth-order valence-electron chi connectivity index (χ4n) is 3.80. The Morgan fingerprint density at radius 2 is 1.78 bits per heavy atom. The van der Waals surface area contributed by atoms with E-state index in [0.717, 1.165) is 19.3 Å². The van der Waals surface area contributed by atoms with Gasteiger partial charge in [-0.2, -0.15) is 4.31 Å². The Hall–Kier alpha value is -2.33. The Balaban J connectivity index is 1.53. The topological polar surface area (TPSA) is 111 Å². The van der Waals surface area contributed by atoms with Gasteiger partial charge in [0, 0.05) is 31.6 Å². The first-order valence-corrected chi connectivity index (χ1v) is 12.6. The second-order valence-corrected chi connectivity index (χ2v) is 9.96. The number of rotatable bonds is 8. The van der Waals surface area contributed by atoms with Crippen molar-refractivity contribution in [3.05, 3.63) is 18.2 Å². The van der Waals surface area contributed by atoms with E-state index in [0.29, 0.717) is 37.6 Å². The van der Waals surface area contributed by atoms with E-state index in [1.54, 1.807) is 6.07 Å². The summed E-state index contributed by atoms with van der Waals surface area (Å²) in [5.74, 6) is -0.241. The molecule has 1 aromatic rings. The summed E-state index contributed by atoms with van der Waals surface area (Å²) in [5.41, 5.74) is 0. The quantitative estimate of drug-likeness (QED) is 0.582. The minimum Gasteiger partial charge on any atom is -0.490 e. The highest BCUT2D eigenvalue weighted by Gasteiger charge is 2.33. The maximum atomic E-state index is 13.1. The van der Waals surface area contributed by atoms with Crippen molar-refractivity contribution in [3.63, 3.8) is 0 Å². The minimum atomic E-state index is -3.72. The number of amides is 1. The number of hydrogen-bond donors (Lipinski definition) is 1. The Labute approximate surface area is 189 Å². The lowest BCUT2D eigenvalue weighted by atomic mass is 9.98. The molecule has 3 rings (SSSR count). The van der Waals surface area contributed by atoms with Gasteiger partial charge in [-0.3, -0.25) is 9.59 Å². The fraction of sp³-hybridized carbons (Fsp3) is 0.636. The van der Waals surface area contributed by atoms with E-state index in [1.165, 1.54) is 16.4 Å². The van der Waals surface area contributed by atoms with Crippen LogP contribution in [0.25, 0.3) is 0 Å². The predicted octanol–water partition coefficient (Wildman–Crippen LogP) is 2.10. The van der Waals surface area contributed by atoms with E-state index < -0.39 is 21.9 Å². The number of nitrogens with zero attached hydrogens (tertiary/aromatic N) is 1. The van der Waals surface area contributed by atoms with Crippen LogP contribution in [0.3, 0.4) is 0 Å². The maximum Gasteiger partial charge on any atom is 0.309 e. The maximum absolute atomic E-state index is 13.1. The van der Waals surface area contributed by atoms with Crippen LogP contribution in [-0.2, 0) is 24.3 Å². The predicted molar refractivity (Wildman–Crippen MR) is 117 cm³/mol. The standard InChI is InChI=1S/C22H32N2O7S/c1-3-17(4-2)23-21(25)15-31-22(26)16-8-10-24(11-9-16)32(27,28)18-6-7-19-20(14-18)30-13-5-12-29-19/h6-7,14,16-17H,3-5,8-13,15H2,1-2H3,(H,23,25). The van der Waals surface area contributed by atoms with E-state index >= 15 is 0 Å². The van der Waals surface area contributed by atoms with Gasteiger partial charge in [0.05, 0.1) is 24.0 Å². The Bertz CT molecular complexity index is 907. The monoisotopic (exact) mass is 468 g/mol. The van der Waals surface area contributed by atoms with Crippen LogP contribution in [0.5, 0.6) is 11.5 Å². The molecular weight excluding hydrogens is 436 g/mol. The third-order valence-electron chi connectivity index (χ3n) is 5.84. The molecule has 0 saturated carbocycles. The third kappa shape index (κ3) is 5.92. The molecule has 2 aliphatic rings. The Morgan fingerprint density at radius 3 is 2.44 bits per heavy atom. The van der Waals surface area contributed by atoms with Crippen LogP contribution in [0.2, 0.25) is 0 Å². The largest absolute Gasteiger partial charge is 0.490 e. The zero-order chi connectivity index (χ0) is 23.1. The molecule has 0 radical (unpaired) electrons. The number of sulfonamides is 1. The van der Waals surface area contributed by atoms with Crippen LogP contribution in [0.15, 0.2) is 23.1 Å². The van der Waals surface area contributed by atoms with E-state index in [9.17, 15) is 18.0 Å². The van der Waals surface area contributed by atoms with Crippen LogP contribution >= 0.6 is 0 Å². The van der Waals surface area contributed by atoms with Gasteiger partial charge in [0.15, 0.2) is 18.1 Å². The summed E-state index contributed by atoms with van der Waals surface area (Å²) in [6.45, 7) is 5.06. The van der Waals surface area contributed by atoms with E-state index in [4.69, 9.17) is 14.2 Å². The number of hydrogen-bond acceptors (Lipinski definition) is 7. The number of benzene rings is 1. The zero-order valence-electron chi connectivity index (χ0n) is 18.7. The highest BCUT2D eigenvalue weighted by molar-refractivity contribution is 7.89. The number of carbonyl (C=O) groups excluding carboxylic acids is 2. The van der Waals surface area contributed by atoms with Crippen LogP contribution in [0, 0.1) is 5.92 Å². The molecule has 1 amide bonds. The van der Waals surface area contributed by atoms with E-state index in [1.807, 2.05) is 13.8 Å². The molecule has 9 nitrogen and oxygen atoms in total. The van der Waals surface area contributed by atoms with Crippen molar-refractivity contribution >= 4 is 21.9 Å². The van der Waals surface area contributed by atoms with Gasteiger partial charge in [-0.1, -0.05) is 13.8 Å². The van der Waals surface area contributed by atoms with Crippen molar-refractivity contribution < 1.29 is 32.2 Å². The molecule has 178 valence electrons. The summed E-state index contributed by atoms with van der Waals surface area (Å²) in [6.07, 6.45) is 3.05. The first-order valence-electron chi connectivity index (χ1n) is 11.2. The molecular formula is C22H32N2O7S. The molecule has 1 fully saturated rings. The summed E-state index contributed by atoms with van der Waals surface area (Å²) in [7, 11) is -3.72. The third-order valence-corrected chi connectivity index (χ3v) is 7.73. The van der Waals surface area contributed by atoms with Crippen molar-refractivity contribution in [2.24, 2.45) is 5.92 Å². The molecule has 0 spiro atoms. The molecule has 0 aromatic heterocycles. The molecule has 0 atom stereocenters. The second kappa shape index (κ2) is 11.0. The summed E-state index contributed by atoms with van der Waals surface area (Å²) < 4.78 is 43.8. The number of ether oxygens (including phenoxy) is 3. The van der Waals surface area contributed by atoms with Crippen molar-refractivity contribution in [2.45, 2.75) is 56.9 Å². The normalized spacial score (nSPS) is 17.6. The SMILES string of the molecule is CCC(CC)NC(=O)COC(=O)C1CCN(S(=O)(=O)c2ccc3c(c2)OCCCO3)CC1. The number of nitrogens with one attached hydrogen (secondary N) is 1. The zero-order valence-corrected chi connectivity index (χ0v) is 19.5. The Morgan fingerprint density at radius 1 is 1.12 bits per heavy atom. The van der Waals surface area contributed by atoms with Gasteiger partial charge in [-0.25, -0.2) is 8.42 Å². The van der Waals surface area contributed by atoms with Gasteiger partial charge in [0.1, 0.15) is 0 Å². The molecule has 1 saturated heterocycles. The molecule has 0 aliphatic carbocycles. The first-order chi connectivity index (χ1) is 15.3. The van der Waals surface area contributed by atoms with Crippen molar-refractivity contribution in [2.75, 3.05) is 32.9 Å². The van der Waals surface area contributed by atoms with Crippen molar-refractivity contribution in [3.8, 4) is 11.5 Å². The molecule has 0 unspecified atom stereocenters. The second-order valence-electron chi connectivity index (χ2n) is 8.03. The smallest absolute Gasteiger partial charge is 0.309 e. The average molecular weight is 469 g/mol. The lowest BCUT2D eigenvalue weighted by molar-refractivity contribution is -0.153. The minimum absolute atomic E-state index is 0.0691. The fourth-order valence-corrected chi connectivity index (χ4v) is 5.29. The lowest BCUT2D eigenvalue weighted by Gasteiger charge is -2.30. The summed E-state index contributed by atoms with van der Waals surface area (Å²) in [4.78, 5) is 24.4. The van der Waals surface area contributed by atoms with Crippen LogP contribution in [-0.4, -0.2) is 63.6 Å². The number of fused-ring (bicyclic) bond motifs is 1. The molecule has 10 heteroatoms. The first kappa shape index (κ1) is 24.3. The van der Waals surface area contributed by atoms with Crippen LogP contribution in [0.4, 0.5) is 0 Å². The molecule has 2 aliphatic heterocycles. The van der Waals surface area contributed by atoms with Gasteiger partial charge < -0.3 is 19.5 Å². The molecule has 0 bridgehead atoms. The van der Waals surface area contributed by atoms with Gasteiger partial charge in [0.25, 0.3) is 5.91 Å². The number of piperidine rings is 1. The molecule has 2 heterocycles. The van der Waals surface area contributed by atoms with Crippen molar-refractivity contribution in [1.82, 2.24) is 9.62 Å². The van der Waals surface area contributed by atoms with Crippen molar-refractivity contribution in [1.29, 1.82) is 0 Å². The van der Waals surface area contributed by atoms with E-state index in [-0.39, 0.29) is 36.5 Å². The van der Waals surface area contributed by atoms with Gasteiger partial charge in [-0.15, -0.1) is 0 Å². The highest BCUT2D eigenvalue weighted by Crippen LogP contribution is 2.33. The Kier molecular flexibility index (Phi) is 8.36.